The molecule has 0 atom stereocenters. The molecule has 2 aliphatic heterocycles. The molecule has 5 rings (SSSR count). The first-order chi connectivity index (χ1) is 18.5. The molecule has 0 unspecified atom stereocenters. The van der Waals surface area contributed by atoms with E-state index in [1.807, 2.05) is 43.5 Å². The third-order valence-corrected chi connectivity index (χ3v) is 7.25. The number of fused-ring (bicyclic) bond motifs is 2. The first-order valence-corrected chi connectivity index (χ1v) is 13.0. The average molecular weight is 512 g/mol. The third-order valence-electron chi connectivity index (χ3n) is 7.25. The summed E-state index contributed by atoms with van der Waals surface area (Å²) in [4.78, 5) is 29.9. The van der Waals surface area contributed by atoms with E-state index in [0.29, 0.717) is 50.8 Å². The Kier molecular flexibility index (Phi) is 7.43. The van der Waals surface area contributed by atoms with Gasteiger partial charge in [-0.05, 0) is 26.6 Å². The number of hydrogen-bond donors (Lipinski definition) is 0. The minimum absolute atomic E-state index is 0.0611. The number of nitriles is 1. The van der Waals surface area contributed by atoms with Crippen molar-refractivity contribution in [3.05, 3.63) is 66.1 Å². The molecule has 2 aliphatic rings. The van der Waals surface area contributed by atoms with E-state index in [1.165, 1.54) is 6.08 Å². The molecule has 196 valence electrons. The van der Waals surface area contributed by atoms with Crippen LogP contribution in [-0.2, 0) is 17.8 Å². The molecule has 9 heteroatoms. The van der Waals surface area contributed by atoms with Gasteiger partial charge in [-0.1, -0.05) is 30.8 Å². The topological polar surface area (TPSA) is 88.8 Å². The predicted molar refractivity (Wildman–Crippen MR) is 148 cm³/mol. The molecular weight excluding hydrogens is 478 g/mol. The second kappa shape index (κ2) is 11.1. The number of rotatable bonds is 7. The van der Waals surface area contributed by atoms with Crippen LogP contribution < -0.4 is 14.5 Å². The van der Waals surface area contributed by atoms with Crippen LogP contribution in [-0.4, -0.2) is 85.6 Å². The largest absolute Gasteiger partial charge is 0.475 e. The minimum atomic E-state index is -0.0611. The molecular formula is C29H33N7O2. The van der Waals surface area contributed by atoms with Crippen molar-refractivity contribution in [2.75, 3.05) is 69.8 Å². The smallest absolute Gasteiger partial charge is 0.246 e. The lowest BCUT2D eigenvalue weighted by Crippen LogP contribution is -2.49. The summed E-state index contributed by atoms with van der Waals surface area (Å²) in [5.41, 5.74) is 4.47. The molecule has 4 heterocycles. The monoisotopic (exact) mass is 511 g/mol. The molecule has 1 amide bonds. The maximum Gasteiger partial charge on any atom is 0.246 e. The second-order valence-corrected chi connectivity index (χ2v) is 9.90. The number of likely N-dealkylation sites (N-methyl/N-ethyl adjacent to an activating group) is 1. The van der Waals surface area contributed by atoms with Crippen LogP contribution in [0, 0.1) is 11.3 Å². The number of ether oxygens (including phenoxy) is 1. The number of anilines is 2. The highest BCUT2D eigenvalue weighted by molar-refractivity contribution is 5.93. The number of piperazine rings is 1. The molecule has 9 nitrogen and oxygen atoms in total. The molecule has 1 aromatic carbocycles. The van der Waals surface area contributed by atoms with E-state index in [4.69, 9.17) is 9.72 Å². The summed E-state index contributed by atoms with van der Waals surface area (Å²) in [6, 6.07) is 10.7. The molecule has 2 aromatic heterocycles. The van der Waals surface area contributed by atoms with Gasteiger partial charge >= 0.3 is 0 Å². The van der Waals surface area contributed by atoms with Crippen LogP contribution >= 0.6 is 0 Å². The molecule has 1 fully saturated rings. The zero-order chi connectivity index (χ0) is 26.6. The summed E-state index contributed by atoms with van der Waals surface area (Å²) < 4.78 is 6.11. The van der Waals surface area contributed by atoms with Crippen LogP contribution in [0.15, 0.2) is 49.3 Å². The van der Waals surface area contributed by atoms with Gasteiger partial charge < -0.3 is 24.3 Å². The van der Waals surface area contributed by atoms with Crippen molar-refractivity contribution >= 4 is 28.1 Å². The molecule has 0 spiro atoms. The number of aromatic nitrogens is 2. The lowest BCUT2D eigenvalue weighted by atomic mass is 9.97. The van der Waals surface area contributed by atoms with Crippen LogP contribution in [0.3, 0.4) is 0 Å². The Balaban J connectivity index is 1.52. The van der Waals surface area contributed by atoms with Crippen LogP contribution in [0.2, 0.25) is 0 Å². The van der Waals surface area contributed by atoms with Gasteiger partial charge in [0.25, 0.3) is 0 Å². The second-order valence-electron chi connectivity index (χ2n) is 9.90. The third kappa shape index (κ3) is 5.00. The Labute approximate surface area is 223 Å². The summed E-state index contributed by atoms with van der Waals surface area (Å²) in [6.45, 7) is 8.60. The minimum Gasteiger partial charge on any atom is -0.475 e. The zero-order valence-corrected chi connectivity index (χ0v) is 22.1. The van der Waals surface area contributed by atoms with Crippen molar-refractivity contribution in [3.63, 3.8) is 0 Å². The van der Waals surface area contributed by atoms with Gasteiger partial charge in [0.15, 0.2) is 0 Å². The Morgan fingerprint density at radius 1 is 1.16 bits per heavy atom. The number of hydrogen-bond acceptors (Lipinski definition) is 8. The van der Waals surface area contributed by atoms with E-state index in [2.05, 4.69) is 39.6 Å². The number of amides is 1. The van der Waals surface area contributed by atoms with Crippen molar-refractivity contribution < 1.29 is 9.53 Å². The maximum absolute atomic E-state index is 12.1. The van der Waals surface area contributed by atoms with Crippen LogP contribution in [0.1, 0.15) is 16.8 Å². The summed E-state index contributed by atoms with van der Waals surface area (Å²) in [5.74, 6) is 0.319. The molecule has 0 N–H and O–H groups in total. The highest BCUT2D eigenvalue weighted by atomic mass is 16.5. The van der Waals surface area contributed by atoms with Crippen LogP contribution in [0.5, 0.6) is 5.88 Å². The standard InChI is InChI=1S/C29H33N7O2/c1-4-27(37)34-11-13-35(14-12-34)28-23-9-10-36(26-19-31-18-21-7-5-6-8-22(21)26)20-25(23)32-29(24(28)17-30)38-16-15-33(2)3/h4-8,18-19H,1,9-16,20H2,2-3H3. The fourth-order valence-electron chi connectivity index (χ4n) is 5.25. The molecule has 1 saturated heterocycles. The molecule has 3 aromatic rings. The normalized spacial score (nSPS) is 15.4. The van der Waals surface area contributed by atoms with Gasteiger partial charge in [0.1, 0.15) is 18.2 Å². The van der Waals surface area contributed by atoms with E-state index >= 15 is 0 Å². The SMILES string of the molecule is C=CC(=O)N1CCN(c2c(C#N)c(OCCN(C)C)nc3c2CCN(c2cncc4ccccc24)C3)CC1. The number of carbonyl (C=O) groups is 1. The van der Waals surface area contributed by atoms with E-state index < -0.39 is 0 Å². The van der Waals surface area contributed by atoms with Crippen molar-refractivity contribution in [3.8, 4) is 11.9 Å². The van der Waals surface area contributed by atoms with Crippen molar-refractivity contribution in [2.45, 2.75) is 13.0 Å². The highest BCUT2D eigenvalue weighted by Crippen LogP contribution is 2.38. The average Bonchev–Trinajstić information content (AvgIpc) is 2.95. The van der Waals surface area contributed by atoms with Crippen LogP contribution in [0.25, 0.3) is 10.8 Å². The van der Waals surface area contributed by atoms with Gasteiger partial charge in [-0.2, -0.15) is 5.26 Å². The summed E-state index contributed by atoms with van der Waals surface area (Å²) in [7, 11) is 3.97. The van der Waals surface area contributed by atoms with Gasteiger partial charge in [-0.3, -0.25) is 9.78 Å². The fourth-order valence-corrected chi connectivity index (χ4v) is 5.25. The number of carbonyl (C=O) groups excluding carboxylic acids is 1. The fraction of sp³-hybridized carbons (Fsp3) is 0.379. The van der Waals surface area contributed by atoms with Crippen molar-refractivity contribution in [2.24, 2.45) is 0 Å². The van der Waals surface area contributed by atoms with E-state index in [-0.39, 0.29) is 5.91 Å². The highest BCUT2D eigenvalue weighted by Gasteiger charge is 2.31. The van der Waals surface area contributed by atoms with E-state index in [0.717, 1.165) is 52.9 Å². The predicted octanol–water partition coefficient (Wildman–Crippen LogP) is 2.84. The first kappa shape index (κ1) is 25.5. The van der Waals surface area contributed by atoms with Gasteiger partial charge in [-0.15, -0.1) is 0 Å². The maximum atomic E-state index is 12.1. The molecule has 0 saturated carbocycles. The lowest BCUT2D eigenvalue weighted by Gasteiger charge is -2.39. The van der Waals surface area contributed by atoms with Gasteiger partial charge in [0.2, 0.25) is 11.8 Å². The Morgan fingerprint density at radius 3 is 2.68 bits per heavy atom. The van der Waals surface area contributed by atoms with Gasteiger partial charge in [0, 0.05) is 61.8 Å². The molecule has 38 heavy (non-hydrogen) atoms. The Bertz CT molecular complexity index is 1380. The zero-order valence-electron chi connectivity index (χ0n) is 22.1. The first-order valence-electron chi connectivity index (χ1n) is 13.0. The van der Waals surface area contributed by atoms with Crippen molar-refractivity contribution in [1.82, 2.24) is 19.8 Å². The Morgan fingerprint density at radius 2 is 1.95 bits per heavy atom. The summed E-state index contributed by atoms with van der Waals surface area (Å²) in [5, 5.41) is 12.5. The molecule has 0 bridgehead atoms. The van der Waals surface area contributed by atoms with Crippen LogP contribution in [0.4, 0.5) is 11.4 Å². The van der Waals surface area contributed by atoms with E-state index in [1.54, 1.807) is 4.90 Å². The van der Waals surface area contributed by atoms with Gasteiger partial charge in [0.05, 0.1) is 29.8 Å². The number of benzene rings is 1. The Hall–Kier alpha value is -4.16. The molecule has 0 radical (unpaired) electrons. The quantitative estimate of drug-likeness (QED) is 0.448. The van der Waals surface area contributed by atoms with E-state index in [9.17, 15) is 10.1 Å². The van der Waals surface area contributed by atoms with Gasteiger partial charge in [-0.25, -0.2) is 4.98 Å². The lowest BCUT2D eigenvalue weighted by molar-refractivity contribution is -0.126. The summed E-state index contributed by atoms with van der Waals surface area (Å²) >= 11 is 0. The summed E-state index contributed by atoms with van der Waals surface area (Å²) in [6.07, 6.45) is 5.92. The molecule has 0 aliphatic carbocycles. The number of nitrogens with zero attached hydrogens (tertiary/aromatic N) is 7. The number of pyridine rings is 2. The van der Waals surface area contributed by atoms with Crippen molar-refractivity contribution in [1.29, 1.82) is 5.26 Å².